The zero-order chi connectivity index (χ0) is 8.27. The molecular formula is C7H10BNO2. The van der Waals surface area contributed by atoms with Gasteiger partial charge >= 0.3 is 6.09 Å². The minimum absolute atomic E-state index is 0.284. The number of hydrogen-bond acceptors (Lipinski definition) is 2. The topological polar surface area (TPSA) is 29.5 Å². The van der Waals surface area contributed by atoms with Crippen molar-refractivity contribution in [3.63, 3.8) is 0 Å². The number of methoxy groups -OCH3 is 1. The van der Waals surface area contributed by atoms with E-state index < -0.39 is 0 Å². The summed E-state index contributed by atoms with van der Waals surface area (Å²) in [5, 5.41) is 0. The van der Waals surface area contributed by atoms with Gasteiger partial charge in [-0.1, -0.05) is 6.08 Å². The van der Waals surface area contributed by atoms with Gasteiger partial charge in [0.05, 0.1) is 7.11 Å². The number of carbonyl (C=O) groups is 1. The summed E-state index contributed by atoms with van der Waals surface area (Å²) < 4.78 is 4.54. The lowest BCUT2D eigenvalue weighted by Gasteiger charge is -2.23. The Bertz CT molecular complexity index is 191. The molecule has 0 saturated carbocycles. The molecule has 2 radical (unpaired) electrons. The lowest BCUT2D eigenvalue weighted by atomic mass is 9.90. The van der Waals surface area contributed by atoms with E-state index in [4.69, 9.17) is 7.85 Å². The number of amides is 1. The molecule has 0 atom stereocenters. The minimum Gasteiger partial charge on any atom is -0.453 e. The van der Waals surface area contributed by atoms with Gasteiger partial charge in [-0.15, -0.1) is 5.47 Å². The zero-order valence-corrected chi connectivity index (χ0v) is 6.54. The van der Waals surface area contributed by atoms with Crippen LogP contribution in [-0.4, -0.2) is 39.0 Å². The molecule has 0 spiro atoms. The second kappa shape index (κ2) is 3.46. The van der Waals surface area contributed by atoms with Crippen molar-refractivity contribution in [1.29, 1.82) is 0 Å². The van der Waals surface area contributed by atoms with Gasteiger partial charge in [0.15, 0.2) is 0 Å². The Kier molecular flexibility index (Phi) is 2.57. The van der Waals surface area contributed by atoms with Crippen LogP contribution < -0.4 is 0 Å². The normalized spacial score (nSPS) is 17.5. The summed E-state index contributed by atoms with van der Waals surface area (Å²) >= 11 is 0. The van der Waals surface area contributed by atoms with E-state index in [9.17, 15) is 4.79 Å². The van der Waals surface area contributed by atoms with Crippen LogP contribution in [0.5, 0.6) is 0 Å². The van der Waals surface area contributed by atoms with E-state index in [1.165, 1.54) is 7.11 Å². The van der Waals surface area contributed by atoms with Crippen molar-refractivity contribution in [2.45, 2.75) is 6.42 Å². The third kappa shape index (κ3) is 2.00. The van der Waals surface area contributed by atoms with Gasteiger partial charge in [-0.2, -0.15) is 0 Å². The average molecular weight is 151 g/mol. The van der Waals surface area contributed by atoms with E-state index in [-0.39, 0.29) is 6.09 Å². The molecule has 0 aliphatic carbocycles. The fourth-order valence-electron chi connectivity index (χ4n) is 0.980. The lowest BCUT2D eigenvalue weighted by Crippen LogP contribution is -2.34. The number of carbonyl (C=O) groups excluding carboxylic acids is 1. The summed E-state index contributed by atoms with van der Waals surface area (Å²) in [5.41, 5.74) is 0.852. The largest absolute Gasteiger partial charge is 0.453 e. The standard InChI is InChI=1S/C7H10BNO2/c1-11-7(10)9-4-2-6(8)3-5-9/h2H,3-5H2,1H3. The SMILES string of the molecule is [B]C1=CCN(C(=O)OC)CC1. The molecule has 0 aromatic rings. The van der Waals surface area contributed by atoms with Crippen LogP contribution in [0.1, 0.15) is 6.42 Å². The highest BCUT2D eigenvalue weighted by atomic mass is 16.5. The molecular weight excluding hydrogens is 141 g/mol. The highest BCUT2D eigenvalue weighted by Gasteiger charge is 2.14. The molecule has 0 unspecified atom stereocenters. The first-order valence-corrected chi connectivity index (χ1v) is 3.51. The Hall–Kier alpha value is -0.925. The molecule has 0 aromatic carbocycles. The van der Waals surface area contributed by atoms with Crippen molar-refractivity contribution in [1.82, 2.24) is 4.90 Å². The van der Waals surface area contributed by atoms with Crippen LogP contribution in [-0.2, 0) is 4.74 Å². The van der Waals surface area contributed by atoms with Gasteiger partial charge in [0.2, 0.25) is 0 Å². The third-order valence-electron chi connectivity index (χ3n) is 1.68. The Labute approximate surface area is 67.4 Å². The molecule has 4 heteroatoms. The van der Waals surface area contributed by atoms with Crippen molar-refractivity contribution in [2.24, 2.45) is 0 Å². The van der Waals surface area contributed by atoms with Crippen LogP contribution in [0.25, 0.3) is 0 Å². The molecule has 3 nitrogen and oxygen atoms in total. The molecule has 1 aliphatic heterocycles. The molecule has 1 heterocycles. The maximum atomic E-state index is 10.9. The molecule has 1 amide bonds. The monoisotopic (exact) mass is 151 g/mol. The van der Waals surface area contributed by atoms with Crippen molar-refractivity contribution in [3.8, 4) is 0 Å². The van der Waals surface area contributed by atoms with Gasteiger partial charge in [0.25, 0.3) is 0 Å². The van der Waals surface area contributed by atoms with Gasteiger partial charge in [-0.3, -0.25) is 0 Å². The maximum Gasteiger partial charge on any atom is 0.409 e. The van der Waals surface area contributed by atoms with Gasteiger partial charge in [-0.25, -0.2) is 4.79 Å². The predicted octanol–water partition coefficient (Wildman–Crippen LogP) is 0.511. The molecule has 1 aliphatic rings. The zero-order valence-electron chi connectivity index (χ0n) is 6.54. The van der Waals surface area contributed by atoms with Gasteiger partial charge in [0, 0.05) is 13.1 Å². The fraction of sp³-hybridized carbons (Fsp3) is 0.571. The summed E-state index contributed by atoms with van der Waals surface area (Å²) in [6, 6.07) is 0. The summed E-state index contributed by atoms with van der Waals surface area (Å²) in [6.45, 7) is 1.23. The Morgan fingerprint density at radius 3 is 3.00 bits per heavy atom. The number of hydrogen-bond donors (Lipinski definition) is 0. The molecule has 0 fully saturated rings. The Morgan fingerprint density at radius 1 is 1.82 bits per heavy atom. The molecule has 1 rings (SSSR count). The van der Waals surface area contributed by atoms with Crippen molar-refractivity contribution >= 4 is 13.9 Å². The van der Waals surface area contributed by atoms with Crippen molar-refractivity contribution < 1.29 is 9.53 Å². The van der Waals surface area contributed by atoms with Crippen LogP contribution >= 0.6 is 0 Å². The van der Waals surface area contributed by atoms with E-state index in [0.29, 0.717) is 13.1 Å². The summed E-state index contributed by atoms with van der Waals surface area (Å²) in [5.74, 6) is 0. The second-order valence-electron chi connectivity index (χ2n) is 2.45. The van der Waals surface area contributed by atoms with Crippen LogP contribution in [0.4, 0.5) is 4.79 Å². The third-order valence-corrected chi connectivity index (χ3v) is 1.68. The Balaban J connectivity index is 2.47. The average Bonchev–Trinajstić information content (AvgIpc) is 2.05. The number of nitrogens with zero attached hydrogens (tertiary/aromatic N) is 1. The molecule has 0 N–H and O–H groups in total. The van der Waals surface area contributed by atoms with Crippen LogP contribution in [0, 0.1) is 0 Å². The predicted molar refractivity (Wildman–Crippen MR) is 42.4 cm³/mol. The van der Waals surface area contributed by atoms with Crippen LogP contribution in [0.15, 0.2) is 11.5 Å². The highest BCUT2D eigenvalue weighted by Crippen LogP contribution is 2.07. The van der Waals surface area contributed by atoms with Crippen LogP contribution in [0.2, 0.25) is 0 Å². The Morgan fingerprint density at radius 2 is 2.55 bits per heavy atom. The van der Waals surface area contributed by atoms with E-state index in [1.807, 2.05) is 6.08 Å². The van der Waals surface area contributed by atoms with E-state index >= 15 is 0 Å². The van der Waals surface area contributed by atoms with Crippen molar-refractivity contribution in [3.05, 3.63) is 11.5 Å². The van der Waals surface area contributed by atoms with E-state index in [1.54, 1.807) is 4.90 Å². The van der Waals surface area contributed by atoms with Gasteiger partial charge < -0.3 is 9.64 Å². The van der Waals surface area contributed by atoms with Crippen LogP contribution in [0.3, 0.4) is 0 Å². The van der Waals surface area contributed by atoms with E-state index in [0.717, 1.165) is 11.9 Å². The van der Waals surface area contributed by atoms with Gasteiger partial charge in [0.1, 0.15) is 7.85 Å². The molecule has 58 valence electrons. The fourth-order valence-corrected chi connectivity index (χ4v) is 0.980. The number of rotatable bonds is 0. The molecule has 0 bridgehead atoms. The quantitative estimate of drug-likeness (QED) is 0.472. The summed E-state index contributed by atoms with van der Waals surface area (Å²) in [7, 11) is 6.90. The number of ether oxygens (including phenoxy) is 1. The first-order chi connectivity index (χ1) is 5.24. The van der Waals surface area contributed by atoms with Crippen molar-refractivity contribution in [2.75, 3.05) is 20.2 Å². The minimum atomic E-state index is -0.284. The second-order valence-corrected chi connectivity index (χ2v) is 2.45. The highest BCUT2D eigenvalue weighted by molar-refractivity contribution is 6.21. The maximum absolute atomic E-state index is 10.9. The summed E-state index contributed by atoms with van der Waals surface area (Å²) in [4.78, 5) is 12.5. The first-order valence-electron chi connectivity index (χ1n) is 3.51. The first kappa shape index (κ1) is 8.17. The smallest absolute Gasteiger partial charge is 0.409 e. The molecule has 11 heavy (non-hydrogen) atoms. The van der Waals surface area contributed by atoms with Gasteiger partial charge in [-0.05, 0) is 6.42 Å². The summed E-state index contributed by atoms with van der Waals surface area (Å²) in [6.07, 6.45) is 2.30. The van der Waals surface area contributed by atoms with E-state index in [2.05, 4.69) is 4.74 Å². The molecule has 0 aromatic heterocycles. The lowest BCUT2D eigenvalue weighted by molar-refractivity contribution is 0.127. The molecule has 0 saturated heterocycles.